The Bertz CT molecular complexity index is 1050. The summed E-state index contributed by atoms with van der Waals surface area (Å²) in [7, 11) is 0. The second-order valence-corrected chi connectivity index (χ2v) is 8.81. The zero-order chi connectivity index (χ0) is 24.1. The zero-order valence-corrected chi connectivity index (χ0v) is 20.0. The lowest BCUT2D eigenvalue weighted by Crippen LogP contribution is -2.42. The van der Waals surface area contributed by atoms with Gasteiger partial charge in [-0.3, -0.25) is 14.5 Å². The third-order valence-electron chi connectivity index (χ3n) is 6.09. The van der Waals surface area contributed by atoms with E-state index in [1.165, 1.54) is 0 Å². The van der Waals surface area contributed by atoms with Gasteiger partial charge in [0.1, 0.15) is 11.5 Å². The molecular weight excluding hydrogens is 456 g/mol. The van der Waals surface area contributed by atoms with Crippen molar-refractivity contribution in [3.63, 3.8) is 0 Å². The molecule has 2 heterocycles. The number of likely N-dealkylation sites (tertiary alicyclic amines) is 1. The minimum absolute atomic E-state index is 0.0801. The summed E-state index contributed by atoms with van der Waals surface area (Å²) in [6.45, 7) is 6.45. The molecule has 1 atom stereocenters. The van der Waals surface area contributed by atoms with E-state index in [-0.39, 0.29) is 11.3 Å². The van der Waals surface area contributed by atoms with Crippen LogP contribution in [0.5, 0.6) is 5.75 Å². The number of hydrogen-bond donors (Lipinski definition) is 1. The van der Waals surface area contributed by atoms with Crippen LogP contribution >= 0.6 is 11.6 Å². The molecule has 4 rings (SSSR count). The second kappa shape index (κ2) is 11.0. The van der Waals surface area contributed by atoms with E-state index in [0.717, 1.165) is 25.1 Å². The topological polar surface area (TPSA) is 79.3 Å². The van der Waals surface area contributed by atoms with Gasteiger partial charge in [-0.15, -0.1) is 0 Å². The van der Waals surface area contributed by atoms with Crippen molar-refractivity contribution < 1.29 is 24.2 Å². The smallest absolute Gasteiger partial charge is 0.295 e. The number of aliphatic hydroxyl groups is 1. The summed E-state index contributed by atoms with van der Waals surface area (Å²) in [5.41, 5.74) is 1.25. The number of carbonyl (C=O) groups is 2. The summed E-state index contributed by atoms with van der Waals surface area (Å²) in [4.78, 5) is 30.0. The van der Waals surface area contributed by atoms with Crippen LogP contribution in [-0.2, 0) is 14.3 Å². The first-order chi connectivity index (χ1) is 16.5. The van der Waals surface area contributed by atoms with Gasteiger partial charge < -0.3 is 19.5 Å². The normalized spacial score (nSPS) is 20.6. The molecule has 34 heavy (non-hydrogen) atoms. The largest absolute Gasteiger partial charge is 0.507 e. The van der Waals surface area contributed by atoms with Crippen LogP contribution in [0.1, 0.15) is 30.5 Å². The molecule has 0 saturated carbocycles. The van der Waals surface area contributed by atoms with E-state index < -0.39 is 17.7 Å². The maximum Gasteiger partial charge on any atom is 0.295 e. The highest BCUT2D eigenvalue weighted by Crippen LogP contribution is 2.39. The molecule has 0 radical (unpaired) electrons. The lowest BCUT2D eigenvalue weighted by molar-refractivity contribution is -0.140. The van der Waals surface area contributed by atoms with Gasteiger partial charge in [0.15, 0.2) is 0 Å². The molecule has 2 saturated heterocycles. The number of ketones is 1. The van der Waals surface area contributed by atoms with Crippen molar-refractivity contribution in [2.75, 3.05) is 46.0 Å². The Hall–Kier alpha value is -2.87. The SMILES string of the molecule is CCCOc1ccc(/C(O)=C2\C(=O)C(=O)N(CCN3CCOCC3)[C@H]2c2ccc(Cl)cc2)cc1. The monoisotopic (exact) mass is 484 g/mol. The van der Waals surface area contributed by atoms with Crippen molar-refractivity contribution in [2.45, 2.75) is 19.4 Å². The lowest BCUT2D eigenvalue weighted by Gasteiger charge is -2.31. The van der Waals surface area contributed by atoms with Crippen molar-refractivity contribution in [2.24, 2.45) is 0 Å². The fourth-order valence-electron chi connectivity index (χ4n) is 4.26. The minimum Gasteiger partial charge on any atom is -0.507 e. The van der Waals surface area contributed by atoms with Gasteiger partial charge in [0.2, 0.25) is 0 Å². The molecule has 2 aliphatic rings. The molecule has 0 unspecified atom stereocenters. The number of benzene rings is 2. The first kappa shape index (κ1) is 24.3. The molecule has 0 aromatic heterocycles. The van der Waals surface area contributed by atoms with Crippen molar-refractivity contribution in [1.29, 1.82) is 0 Å². The molecule has 0 bridgehead atoms. The molecular formula is C26H29ClN2O5. The molecule has 2 aliphatic heterocycles. The predicted octanol–water partition coefficient (Wildman–Crippen LogP) is 3.88. The van der Waals surface area contributed by atoms with E-state index in [0.29, 0.717) is 49.2 Å². The number of rotatable bonds is 8. The number of Topliss-reactive ketones (excluding diaryl/α,β-unsaturated/α-hetero) is 1. The van der Waals surface area contributed by atoms with Gasteiger partial charge in [0, 0.05) is 36.8 Å². The van der Waals surface area contributed by atoms with Crippen LogP contribution in [0.2, 0.25) is 5.02 Å². The molecule has 0 aliphatic carbocycles. The quantitative estimate of drug-likeness (QED) is 0.348. The van der Waals surface area contributed by atoms with Gasteiger partial charge in [0.25, 0.3) is 11.7 Å². The number of morpholine rings is 1. The highest BCUT2D eigenvalue weighted by molar-refractivity contribution is 6.46. The van der Waals surface area contributed by atoms with Gasteiger partial charge in [-0.05, 0) is 48.4 Å². The third kappa shape index (κ3) is 5.27. The average molecular weight is 485 g/mol. The molecule has 8 heteroatoms. The van der Waals surface area contributed by atoms with Crippen molar-refractivity contribution in [3.8, 4) is 5.75 Å². The predicted molar refractivity (Wildman–Crippen MR) is 130 cm³/mol. The van der Waals surface area contributed by atoms with E-state index in [1.54, 1.807) is 53.4 Å². The Morgan fingerprint density at radius 2 is 1.74 bits per heavy atom. The molecule has 2 aromatic carbocycles. The first-order valence-corrected chi connectivity index (χ1v) is 11.9. The second-order valence-electron chi connectivity index (χ2n) is 8.37. The minimum atomic E-state index is -0.700. The number of nitrogens with zero attached hydrogens (tertiary/aromatic N) is 2. The van der Waals surface area contributed by atoms with Gasteiger partial charge in [-0.25, -0.2) is 0 Å². The molecule has 0 spiro atoms. The van der Waals surface area contributed by atoms with Gasteiger partial charge >= 0.3 is 0 Å². The average Bonchev–Trinajstić information content (AvgIpc) is 3.12. The molecule has 1 amide bonds. The summed E-state index contributed by atoms with van der Waals surface area (Å²) in [6, 6.07) is 13.2. The highest BCUT2D eigenvalue weighted by Gasteiger charge is 2.46. The number of ether oxygens (including phenoxy) is 2. The molecule has 180 valence electrons. The Balaban J connectivity index is 1.67. The molecule has 1 N–H and O–H groups in total. The van der Waals surface area contributed by atoms with Crippen LogP contribution in [0.25, 0.3) is 5.76 Å². The maximum absolute atomic E-state index is 13.1. The van der Waals surface area contributed by atoms with Crippen molar-refractivity contribution >= 4 is 29.1 Å². The van der Waals surface area contributed by atoms with Gasteiger partial charge in [-0.1, -0.05) is 30.7 Å². The van der Waals surface area contributed by atoms with Crippen LogP contribution in [0.4, 0.5) is 0 Å². The number of carbonyl (C=O) groups excluding carboxylic acids is 2. The number of hydrogen-bond acceptors (Lipinski definition) is 6. The Morgan fingerprint density at radius 1 is 1.06 bits per heavy atom. The molecule has 2 aromatic rings. The highest BCUT2D eigenvalue weighted by atomic mass is 35.5. The fraction of sp³-hybridized carbons (Fsp3) is 0.385. The Morgan fingerprint density at radius 3 is 2.38 bits per heavy atom. The van der Waals surface area contributed by atoms with Crippen molar-refractivity contribution in [3.05, 3.63) is 70.3 Å². The van der Waals surface area contributed by atoms with E-state index in [2.05, 4.69) is 4.90 Å². The Kier molecular flexibility index (Phi) is 7.88. The molecule has 2 fully saturated rings. The standard InChI is InChI=1S/C26H29ClN2O5/c1-2-15-34-21-9-5-19(6-10-21)24(30)22-23(18-3-7-20(27)8-4-18)29(26(32)25(22)31)12-11-28-13-16-33-17-14-28/h3-10,23,30H,2,11-17H2,1H3/b24-22+/t23-/m0/s1. The van der Waals surface area contributed by atoms with Crippen LogP contribution in [0.15, 0.2) is 54.1 Å². The fourth-order valence-corrected chi connectivity index (χ4v) is 4.39. The van der Waals surface area contributed by atoms with E-state index in [9.17, 15) is 14.7 Å². The summed E-state index contributed by atoms with van der Waals surface area (Å²) < 4.78 is 11.0. The number of aliphatic hydroxyl groups excluding tert-OH is 1. The van der Waals surface area contributed by atoms with Crippen molar-refractivity contribution in [1.82, 2.24) is 9.80 Å². The Labute approximate surface area is 204 Å². The lowest BCUT2D eigenvalue weighted by atomic mass is 9.95. The summed E-state index contributed by atoms with van der Waals surface area (Å²) in [6.07, 6.45) is 0.886. The first-order valence-electron chi connectivity index (χ1n) is 11.6. The summed E-state index contributed by atoms with van der Waals surface area (Å²) >= 11 is 6.08. The third-order valence-corrected chi connectivity index (χ3v) is 6.34. The summed E-state index contributed by atoms with van der Waals surface area (Å²) in [5.74, 6) is -0.823. The molecule has 7 nitrogen and oxygen atoms in total. The van der Waals surface area contributed by atoms with Gasteiger partial charge in [-0.2, -0.15) is 0 Å². The number of halogens is 1. The van der Waals surface area contributed by atoms with Crippen LogP contribution in [-0.4, -0.2) is 72.6 Å². The van der Waals surface area contributed by atoms with E-state index in [1.807, 2.05) is 6.92 Å². The van der Waals surface area contributed by atoms with Crippen LogP contribution in [0, 0.1) is 0 Å². The van der Waals surface area contributed by atoms with Crippen LogP contribution in [0.3, 0.4) is 0 Å². The van der Waals surface area contributed by atoms with E-state index in [4.69, 9.17) is 21.1 Å². The zero-order valence-electron chi connectivity index (χ0n) is 19.2. The number of amides is 1. The van der Waals surface area contributed by atoms with Crippen LogP contribution < -0.4 is 4.74 Å². The van der Waals surface area contributed by atoms with E-state index >= 15 is 0 Å². The summed E-state index contributed by atoms with van der Waals surface area (Å²) in [5, 5.41) is 11.7. The maximum atomic E-state index is 13.1. The van der Waals surface area contributed by atoms with Gasteiger partial charge in [0.05, 0.1) is 31.4 Å².